The first-order valence-electron chi connectivity index (χ1n) is 6.24. The van der Waals surface area contributed by atoms with Gasteiger partial charge < -0.3 is 9.47 Å². The number of nitrogens with zero attached hydrogens (tertiary/aromatic N) is 2. The molecule has 20 heavy (non-hydrogen) atoms. The van der Waals surface area contributed by atoms with Crippen molar-refractivity contribution in [2.75, 3.05) is 14.2 Å². The molecular formula is C16H14N2O2. The third-order valence-electron chi connectivity index (χ3n) is 3.20. The Morgan fingerprint density at radius 2 is 1.90 bits per heavy atom. The van der Waals surface area contributed by atoms with Crippen molar-refractivity contribution in [1.29, 1.82) is 0 Å². The average Bonchev–Trinajstić information content (AvgIpc) is 2.54. The molecule has 0 radical (unpaired) electrons. The maximum absolute atomic E-state index is 5.42. The first-order chi connectivity index (χ1) is 9.83. The van der Waals surface area contributed by atoms with E-state index in [1.54, 1.807) is 32.8 Å². The molecule has 100 valence electrons. The molecule has 2 heterocycles. The van der Waals surface area contributed by atoms with Crippen molar-refractivity contribution in [2.24, 2.45) is 0 Å². The van der Waals surface area contributed by atoms with Crippen LogP contribution in [0.15, 0.2) is 48.9 Å². The Hall–Kier alpha value is -2.62. The SMILES string of the molecule is COc1ccc2cc(-c3cccnc3)ncc2c1OC. The Morgan fingerprint density at radius 3 is 2.60 bits per heavy atom. The number of aromatic nitrogens is 2. The number of methoxy groups -OCH3 is 2. The molecule has 0 aliphatic rings. The van der Waals surface area contributed by atoms with Crippen LogP contribution in [0.5, 0.6) is 11.5 Å². The minimum absolute atomic E-state index is 0.704. The van der Waals surface area contributed by atoms with Gasteiger partial charge in [-0.1, -0.05) is 6.07 Å². The zero-order valence-electron chi connectivity index (χ0n) is 11.3. The molecule has 0 aliphatic heterocycles. The van der Waals surface area contributed by atoms with E-state index in [4.69, 9.17) is 9.47 Å². The number of benzene rings is 1. The van der Waals surface area contributed by atoms with Crippen LogP contribution in [0, 0.1) is 0 Å². The zero-order valence-corrected chi connectivity index (χ0v) is 11.3. The summed E-state index contributed by atoms with van der Waals surface area (Å²) in [6.07, 6.45) is 5.35. The molecule has 0 spiro atoms. The van der Waals surface area contributed by atoms with Gasteiger partial charge in [-0.2, -0.15) is 0 Å². The van der Waals surface area contributed by atoms with E-state index in [0.717, 1.165) is 22.0 Å². The van der Waals surface area contributed by atoms with Crippen LogP contribution < -0.4 is 9.47 Å². The normalized spacial score (nSPS) is 10.5. The molecule has 4 heteroatoms. The summed E-state index contributed by atoms with van der Waals surface area (Å²) in [7, 11) is 3.26. The number of hydrogen-bond donors (Lipinski definition) is 0. The lowest BCUT2D eigenvalue weighted by molar-refractivity contribution is 0.358. The molecule has 2 aromatic heterocycles. The monoisotopic (exact) mass is 266 g/mol. The van der Waals surface area contributed by atoms with Crippen LogP contribution >= 0.6 is 0 Å². The van der Waals surface area contributed by atoms with Gasteiger partial charge in [-0.3, -0.25) is 9.97 Å². The fourth-order valence-electron chi connectivity index (χ4n) is 2.22. The number of rotatable bonds is 3. The van der Waals surface area contributed by atoms with E-state index >= 15 is 0 Å². The van der Waals surface area contributed by atoms with Gasteiger partial charge in [-0.15, -0.1) is 0 Å². The fraction of sp³-hybridized carbons (Fsp3) is 0.125. The Kier molecular flexibility index (Phi) is 3.21. The van der Waals surface area contributed by atoms with Crippen LogP contribution in [0.2, 0.25) is 0 Å². The van der Waals surface area contributed by atoms with E-state index in [0.29, 0.717) is 11.5 Å². The van der Waals surface area contributed by atoms with Gasteiger partial charge in [-0.25, -0.2) is 0 Å². The molecule has 3 aromatic rings. The summed E-state index contributed by atoms with van der Waals surface area (Å²) in [6, 6.07) is 9.80. The number of ether oxygens (including phenoxy) is 2. The van der Waals surface area contributed by atoms with E-state index in [1.807, 2.05) is 30.3 Å². The first-order valence-corrected chi connectivity index (χ1v) is 6.24. The van der Waals surface area contributed by atoms with Crippen molar-refractivity contribution in [3.63, 3.8) is 0 Å². The molecule has 0 atom stereocenters. The maximum Gasteiger partial charge on any atom is 0.170 e. The lowest BCUT2D eigenvalue weighted by atomic mass is 10.1. The largest absolute Gasteiger partial charge is 0.493 e. The van der Waals surface area contributed by atoms with E-state index in [9.17, 15) is 0 Å². The van der Waals surface area contributed by atoms with Crippen molar-refractivity contribution in [2.45, 2.75) is 0 Å². The number of fused-ring (bicyclic) bond motifs is 1. The zero-order chi connectivity index (χ0) is 13.9. The van der Waals surface area contributed by atoms with Gasteiger partial charge in [0.15, 0.2) is 11.5 Å². The Bertz CT molecular complexity index is 742. The fourth-order valence-corrected chi connectivity index (χ4v) is 2.22. The summed E-state index contributed by atoms with van der Waals surface area (Å²) in [5, 5.41) is 1.98. The van der Waals surface area contributed by atoms with Crippen LogP contribution in [0.3, 0.4) is 0 Å². The minimum atomic E-state index is 0.704. The quantitative estimate of drug-likeness (QED) is 0.729. The predicted octanol–water partition coefficient (Wildman–Crippen LogP) is 3.31. The maximum atomic E-state index is 5.42. The molecule has 1 aromatic carbocycles. The minimum Gasteiger partial charge on any atom is -0.493 e. The predicted molar refractivity (Wildman–Crippen MR) is 78.1 cm³/mol. The van der Waals surface area contributed by atoms with Crippen LogP contribution in [0.25, 0.3) is 22.0 Å². The van der Waals surface area contributed by atoms with Crippen molar-refractivity contribution in [3.05, 3.63) is 48.9 Å². The molecule has 0 bridgehead atoms. The van der Waals surface area contributed by atoms with Crippen LogP contribution in [-0.4, -0.2) is 24.2 Å². The van der Waals surface area contributed by atoms with Crippen LogP contribution in [0.1, 0.15) is 0 Å². The van der Waals surface area contributed by atoms with Gasteiger partial charge in [0.2, 0.25) is 0 Å². The first kappa shape index (κ1) is 12.4. The molecule has 0 amide bonds. The van der Waals surface area contributed by atoms with Crippen molar-refractivity contribution in [1.82, 2.24) is 9.97 Å². The molecule has 3 rings (SSSR count). The van der Waals surface area contributed by atoms with Crippen LogP contribution in [0.4, 0.5) is 0 Å². The third kappa shape index (κ3) is 2.05. The van der Waals surface area contributed by atoms with Gasteiger partial charge >= 0.3 is 0 Å². The summed E-state index contributed by atoms with van der Waals surface area (Å²) in [5.74, 6) is 1.41. The highest BCUT2D eigenvalue weighted by atomic mass is 16.5. The molecule has 0 aliphatic carbocycles. The van der Waals surface area contributed by atoms with Gasteiger partial charge in [0, 0.05) is 29.5 Å². The lowest BCUT2D eigenvalue weighted by Crippen LogP contribution is -1.93. The van der Waals surface area contributed by atoms with E-state index in [-0.39, 0.29) is 0 Å². The standard InChI is InChI=1S/C16H14N2O2/c1-19-15-6-5-11-8-14(12-4-3-7-17-9-12)18-10-13(11)16(15)20-2/h3-10H,1-2H3. The number of hydrogen-bond acceptors (Lipinski definition) is 4. The second kappa shape index (κ2) is 5.17. The van der Waals surface area contributed by atoms with E-state index < -0.39 is 0 Å². The molecule has 4 nitrogen and oxygen atoms in total. The second-order valence-corrected chi connectivity index (χ2v) is 4.33. The molecule has 0 fully saturated rings. The lowest BCUT2D eigenvalue weighted by Gasteiger charge is -2.11. The summed E-state index contributed by atoms with van der Waals surface area (Å²) in [6.45, 7) is 0. The molecule has 0 saturated carbocycles. The molecule has 0 unspecified atom stereocenters. The average molecular weight is 266 g/mol. The van der Waals surface area contributed by atoms with Gasteiger partial charge in [0.1, 0.15) is 0 Å². The highest BCUT2D eigenvalue weighted by molar-refractivity contribution is 5.92. The van der Waals surface area contributed by atoms with Crippen molar-refractivity contribution in [3.8, 4) is 22.8 Å². The number of pyridine rings is 2. The van der Waals surface area contributed by atoms with Gasteiger partial charge in [0.05, 0.1) is 19.9 Å². The smallest absolute Gasteiger partial charge is 0.170 e. The van der Waals surface area contributed by atoms with Crippen molar-refractivity contribution < 1.29 is 9.47 Å². The third-order valence-corrected chi connectivity index (χ3v) is 3.20. The molecule has 0 saturated heterocycles. The van der Waals surface area contributed by atoms with Crippen LogP contribution in [-0.2, 0) is 0 Å². The highest BCUT2D eigenvalue weighted by Crippen LogP contribution is 2.35. The van der Waals surface area contributed by atoms with Gasteiger partial charge in [0.25, 0.3) is 0 Å². The summed E-state index contributed by atoms with van der Waals surface area (Å²) in [4.78, 5) is 8.60. The molecule has 0 N–H and O–H groups in total. The molecular weight excluding hydrogens is 252 g/mol. The van der Waals surface area contributed by atoms with Gasteiger partial charge in [-0.05, 0) is 29.7 Å². The highest BCUT2D eigenvalue weighted by Gasteiger charge is 2.10. The van der Waals surface area contributed by atoms with Crippen molar-refractivity contribution >= 4 is 10.8 Å². The Balaban J connectivity index is 2.18. The Labute approximate surface area is 117 Å². The summed E-state index contributed by atoms with van der Waals surface area (Å²) >= 11 is 0. The van der Waals surface area contributed by atoms with E-state index in [2.05, 4.69) is 9.97 Å². The Morgan fingerprint density at radius 1 is 1.00 bits per heavy atom. The summed E-state index contributed by atoms with van der Waals surface area (Å²) in [5.41, 5.74) is 1.88. The second-order valence-electron chi connectivity index (χ2n) is 4.33. The van der Waals surface area contributed by atoms with E-state index in [1.165, 1.54) is 0 Å². The topological polar surface area (TPSA) is 44.2 Å². The summed E-state index contributed by atoms with van der Waals surface area (Å²) < 4.78 is 10.7.